The smallest absolute Gasteiger partial charge is 0.328 e. The molecule has 0 spiro atoms. The standard InChI is InChI=1S/C17H22N4O3/c1-12-9-21(16(23)19-15(12)22)14-11-20(7-5-17(14,2)24)10-13-4-3-6-18-8-13/h3-4,6,8-9,14,24H,5,7,10-11H2,1-2H3,(H,19,22,23)/t14-,17-/m1/s1. The van der Waals surface area contributed by atoms with Gasteiger partial charge in [-0.25, -0.2) is 4.79 Å². The van der Waals surface area contributed by atoms with E-state index in [9.17, 15) is 14.7 Å². The number of aliphatic hydroxyl groups is 1. The van der Waals surface area contributed by atoms with Crippen molar-refractivity contribution >= 4 is 0 Å². The van der Waals surface area contributed by atoms with Gasteiger partial charge in [0.25, 0.3) is 5.56 Å². The molecule has 2 atom stereocenters. The number of aryl methyl sites for hydroxylation is 1. The Kier molecular flexibility index (Phi) is 4.38. The van der Waals surface area contributed by atoms with Gasteiger partial charge in [0.2, 0.25) is 0 Å². The molecule has 128 valence electrons. The average Bonchev–Trinajstić information content (AvgIpc) is 2.54. The molecule has 0 aromatic carbocycles. The molecular weight excluding hydrogens is 308 g/mol. The van der Waals surface area contributed by atoms with Crippen LogP contribution in [0.25, 0.3) is 0 Å². The van der Waals surface area contributed by atoms with Gasteiger partial charge in [0, 0.05) is 43.8 Å². The van der Waals surface area contributed by atoms with Crippen LogP contribution in [-0.2, 0) is 6.54 Å². The number of aromatic nitrogens is 3. The zero-order valence-electron chi connectivity index (χ0n) is 13.9. The molecule has 0 aliphatic carbocycles. The van der Waals surface area contributed by atoms with Crippen molar-refractivity contribution in [3.05, 3.63) is 62.7 Å². The topological polar surface area (TPSA) is 91.2 Å². The fraction of sp³-hybridized carbons (Fsp3) is 0.471. The summed E-state index contributed by atoms with van der Waals surface area (Å²) in [6.45, 7) is 5.35. The van der Waals surface area contributed by atoms with Crippen LogP contribution < -0.4 is 11.2 Å². The van der Waals surface area contributed by atoms with Crippen molar-refractivity contribution in [1.29, 1.82) is 0 Å². The fourth-order valence-electron chi connectivity index (χ4n) is 3.18. The van der Waals surface area contributed by atoms with Gasteiger partial charge in [-0.3, -0.25) is 24.2 Å². The minimum Gasteiger partial charge on any atom is -0.388 e. The number of H-pyrrole nitrogens is 1. The summed E-state index contributed by atoms with van der Waals surface area (Å²) in [5.41, 5.74) is -0.351. The van der Waals surface area contributed by atoms with Crippen LogP contribution in [0.5, 0.6) is 0 Å². The second-order valence-electron chi connectivity index (χ2n) is 6.70. The molecule has 0 bridgehead atoms. The highest BCUT2D eigenvalue weighted by atomic mass is 16.3. The van der Waals surface area contributed by atoms with Crippen molar-refractivity contribution in [2.75, 3.05) is 13.1 Å². The van der Waals surface area contributed by atoms with Crippen LogP contribution in [0.15, 0.2) is 40.3 Å². The molecule has 0 amide bonds. The minimum atomic E-state index is -1.01. The second-order valence-corrected chi connectivity index (χ2v) is 6.70. The van der Waals surface area contributed by atoms with Gasteiger partial charge < -0.3 is 5.11 Å². The number of hydrogen-bond acceptors (Lipinski definition) is 5. The average molecular weight is 330 g/mol. The minimum absolute atomic E-state index is 0.390. The first-order chi connectivity index (χ1) is 11.4. The molecule has 0 saturated carbocycles. The van der Waals surface area contributed by atoms with Crippen molar-refractivity contribution in [3.63, 3.8) is 0 Å². The highest BCUT2D eigenvalue weighted by Crippen LogP contribution is 2.31. The predicted molar refractivity (Wildman–Crippen MR) is 89.9 cm³/mol. The summed E-state index contributed by atoms with van der Waals surface area (Å²) in [5.74, 6) is 0. The van der Waals surface area contributed by atoms with Gasteiger partial charge >= 0.3 is 5.69 Å². The fourth-order valence-corrected chi connectivity index (χ4v) is 3.18. The quantitative estimate of drug-likeness (QED) is 0.852. The van der Waals surface area contributed by atoms with Crippen LogP contribution >= 0.6 is 0 Å². The van der Waals surface area contributed by atoms with Crippen LogP contribution in [0.1, 0.15) is 30.5 Å². The number of piperidine rings is 1. The first kappa shape index (κ1) is 16.6. The van der Waals surface area contributed by atoms with Gasteiger partial charge in [-0.2, -0.15) is 0 Å². The Morgan fingerprint density at radius 2 is 2.25 bits per heavy atom. The molecule has 2 N–H and O–H groups in total. The maximum absolute atomic E-state index is 12.2. The number of hydrogen-bond donors (Lipinski definition) is 2. The van der Waals surface area contributed by atoms with Crippen molar-refractivity contribution in [3.8, 4) is 0 Å². The summed E-state index contributed by atoms with van der Waals surface area (Å²) in [6.07, 6.45) is 5.63. The van der Waals surface area contributed by atoms with E-state index < -0.39 is 17.3 Å². The largest absolute Gasteiger partial charge is 0.388 e. The van der Waals surface area contributed by atoms with Crippen LogP contribution in [-0.4, -0.2) is 43.2 Å². The maximum atomic E-state index is 12.2. The zero-order chi connectivity index (χ0) is 17.3. The molecule has 3 rings (SSSR count). The van der Waals surface area contributed by atoms with E-state index in [4.69, 9.17) is 0 Å². The second kappa shape index (κ2) is 6.33. The molecule has 1 saturated heterocycles. The lowest BCUT2D eigenvalue weighted by Crippen LogP contribution is -2.53. The van der Waals surface area contributed by atoms with E-state index in [1.165, 1.54) is 10.8 Å². The van der Waals surface area contributed by atoms with Gasteiger partial charge in [-0.15, -0.1) is 0 Å². The molecule has 24 heavy (non-hydrogen) atoms. The Hall–Kier alpha value is -2.25. The Morgan fingerprint density at radius 1 is 1.46 bits per heavy atom. The van der Waals surface area contributed by atoms with E-state index in [-0.39, 0.29) is 5.56 Å². The molecule has 1 aliphatic heterocycles. The summed E-state index contributed by atoms with van der Waals surface area (Å²) in [5, 5.41) is 10.8. The first-order valence-electron chi connectivity index (χ1n) is 8.02. The van der Waals surface area contributed by atoms with Crippen LogP contribution in [0.2, 0.25) is 0 Å². The SMILES string of the molecule is Cc1cn([C@@H]2CN(Cc3cccnc3)CC[C@@]2(C)O)c(=O)[nH]c1=O. The number of pyridine rings is 1. The molecular formula is C17H22N4O3. The van der Waals surface area contributed by atoms with Crippen LogP contribution in [0.3, 0.4) is 0 Å². The lowest BCUT2D eigenvalue weighted by molar-refractivity contribution is -0.0543. The molecule has 0 radical (unpaired) electrons. The highest BCUT2D eigenvalue weighted by molar-refractivity contribution is 5.10. The summed E-state index contributed by atoms with van der Waals surface area (Å²) in [4.78, 5) is 32.4. The molecule has 7 nitrogen and oxygen atoms in total. The Labute approximate surface area is 139 Å². The Balaban J connectivity index is 1.89. The molecule has 2 aromatic heterocycles. The van der Waals surface area contributed by atoms with Gasteiger partial charge in [0.05, 0.1) is 11.6 Å². The van der Waals surface area contributed by atoms with Gasteiger partial charge in [-0.05, 0) is 31.9 Å². The monoisotopic (exact) mass is 330 g/mol. The first-order valence-corrected chi connectivity index (χ1v) is 8.02. The van der Waals surface area contributed by atoms with E-state index in [0.717, 1.165) is 12.1 Å². The Bertz CT molecular complexity index is 826. The lowest BCUT2D eigenvalue weighted by Gasteiger charge is -2.43. The van der Waals surface area contributed by atoms with Gasteiger partial charge in [0.1, 0.15) is 0 Å². The predicted octanol–water partition coefficient (Wildman–Crippen LogP) is 0.438. The number of rotatable bonds is 3. The van der Waals surface area contributed by atoms with E-state index in [0.29, 0.717) is 25.1 Å². The zero-order valence-corrected chi connectivity index (χ0v) is 13.9. The van der Waals surface area contributed by atoms with E-state index in [1.54, 1.807) is 20.0 Å². The summed E-state index contributed by atoms with van der Waals surface area (Å²) < 4.78 is 1.45. The summed E-state index contributed by atoms with van der Waals surface area (Å²) >= 11 is 0. The van der Waals surface area contributed by atoms with Gasteiger partial charge in [-0.1, -0.05) is 6.07 Å². The molecule has 1 aliphatic rings. The van der Waals surface area contributed by atoms with E-state index in [1.807, 2.05) is 18.3 Å². The van der Waals surface area contributed by atoms with Crippen molar-refractivity contribution < 1.29 is 5.11 Å². The van der Waals surface area contributed by atoms with Crippen molar-refractivity contribution in [2.45, 2.75) is 38.5 Å². The number of nitrogens with one attached hydrogen (secondary N) is 1. The number of nitrogens with zero attached hydrogens (tertiary/aromatic N) is 3. The van der Waals surface area contributed by atoms with E-state index >= 15 is 0 Å². The highest BCUT2D eigenvalue weighted by Gasteiger charge is 2.39. The summed E-state index contributed by atoms with van der Waals surface area (Å²) in [6, 6.07) is 3.47. The van der Waals surface area contributed by atoms with Crippen molar-refractivity contribution in [1.82, 2.24) is 19.4 Å². The maximum Gasteiger partial charge on any atom is 0.328 e. The van der Waals surface area contributed by atoms with Crippen molar-refractivity contribution in [2.24, 2.45) is 0 Å². The number of likely N-dealkylation sites (tertiary alicyclic amines) is 1. The number of aromatic amines is 1. The lowest BCUT2D eigenvalue weighted by atomic mass is 9.88. The third kappa shape index (κ3) is 3.32. The molecule has 0 unspecified atom stereocenters. The third-order valence-corrected chi connectivity index (χ3v) is 4.69. The molecule has 3 heterocycles. The van der Waals surface area contributed by atoms with Gasteiger partial charge in [0.15, 0.2) is 0 Å². The summed E-state index contributed by atoms with van der Waals surface area (Å²) in [7, 11) is 0. The van der Waals surface area contributed by atoms with Crippen LogP contribution in [0.4, 0.5) is 0 Å². The normalized spacial score (nSPS) is 24.9. The molecule has 7 heteroatoms. The van der Waals surface area contributed by atoms with Crippen LogP contribution in [0, 0.1) is 6.92 Å². The Morgan fingerprint density at radius 3 is 2.96 bits per heavy atom. The molecule has 1 fully saturated rings. The molecule has 2 aromatic rings. The third-order valence-electron chi connectivity index (χ3n) is 4.69. The van der Waals surface area contributed by atoms with E-state index in [2.05, 4.69) is 14.9 Å².